The molecule has 5 heteroatoms. The van der Waals surface area contributed by atoms with E-state index in [2.05, 4.69) is 21.2 Å². The quantitative estimate of drug-likeness (QED) is 0.861. The lowest BCUT2D eigenvalue weighted by Crippen LogP contribution is -2.51. The summed E-state index contributed by atoms with van der Waals surface area (Å²) >= 11 is 3.09. The number of hydrogen-bond acceptors (Lipinski definition) is 2. The molecule has 0 radical (unpaired) electrons. The first kappa shape index (κ1) is 12.5. The molecule has 3 nitrogen and oxygen atoms in total. The lowest BCUT2D eigenvalue weighted by atomic mass is 10.1. The van der Waals surface area contributed by atoms with E-state index in [4.69, 9.17) is 0 Å². The van der Waals surface area contributed by atoms with E-state index in [1.54, 1.807) is 4.90 Å². The lowest BCUT2D eigenvalue weighted by Gasteiger charge is -2.32. The molecule has 0 bridgehead atoms. The van der Waals surface area contributed by atoms with Crippen molar-refractivity contribution in [1.29, 1.82) is 0 Å². The van der Waals surface area contributed by atoms with Crippen LogP contribution in [0.4, 0.5) is 4.39 Å². The fourth-order valence-electron chi connectivity index (χ4n) is 1.93. The average Bonchev–Trinajstić information content (AvgIpc) is 2.32. The van der Waals surface area contributed by atoms with Gasteiger partial charge in [0.25, 0.3) is 5.91 Å². The van der Waals surface area contributed by atoms with E-state index in [9.17, 15) is 9.18 Å². The predicted molar refractivity (Wildman–Crippen MR) is 67.5 cm³/mol. The summed E-state index contributed by atoms with van der Waals surface area (Å²) in [4.78, 5) is 14.0. The van der Waals surface area contributed by atoms with Gasteiger partial charge in [0.15, 0.2) is 0 Å². The van der Waals surface area contributed by atoms with Crippen LogP contribution in [0.15, 0.2) is 22.7 Å². The molecule has 2 rings (SSSR count). The third-order valence-corrected chi connectivity index (χ3v) is 3.43. The first-order chi connectivity index (χ1) is 8.08. The number of piperazine rings is 1. The Balaban J connectivity index is 2.15. The number of rotatable bonds is 1. The Hall–Kier alpha value is -0.940. The molecule has 1 saturated heterocycles. The molecule has 1 N–H and O–H groups in total. The Bertz CT molecular complexity index is 439. The van der Waals surface area contributed by atoms with E-state index in [-0.39, 0.29) is 11.7 Å². The number of carbonyl (C=O) groups is 1. The molecule has 17 heavy (non-hydrogen) atoms. The largest absolute Gasteiger partial charge is 0.336 e. The second kappa shape index (κ2) is 5.14. The van der Waals surface area contributed by atoms with Gasteiger partial charge in [0.1, 0.15) is 5.82 Å². The van der Waals surface area contributed by atoms with Crippen LogP contribution < -0.4 is 5.32 Å². The van der Waals surface area contributed by atoms with E-state index >= 15 is 0 Å². The van der Waals surface area contributed by atoms with Gasteiger partial charge in [-0.3, -0.25) is 4.79 Å². The van der Waals surface area contributed by atoms with Crippen molar-refractivity contribution in [2.24, 2.45) is 0 Å². The van der Waals surface area contributed by atoms with Crippen molar-refractivity contribution in [3.63, 3.8) is 0 Å². The molecule has 1 heterocycles. The number of carbonyl (C=O) groups excluding carboxylic acids is 1. The zero-order chi connectivity index (χ0) is 12.4. The van der Waals surface area contributed by atoms with Crippen LogP contribution >= 0.6 is 15.9 Å². The van der Waals surface area contributed by atoms with Crippen LogP contribution in [0.25, 0.3) is 0 Å². The summed E-state index contributed by atoms with van der Waals surface area (Å²) < 4.78 is 13.4. The van der Waals surface area contributed by atoms with Gasteiger partial charge in [0.05, 0.1) is 4.47 Å². The molecular formula is C12H14BrFN2O. The number of halogens is 2. The zero-order valence-electron chi connectivity index (χ0n) is 9.54. The van der Waals surface area contributed by atoms with Gasteiger partial charge >= 0.3 is 0 Å². The molecule has 1 aliphatic heterocycles. The summed E-state index contributed by atoms with van der Waals surface area (Å²) in [5, 5.41) is 3.28. The van der Waals surface area contributed by atoms with Gasteiger partial charge < -0.3 is 10.2 Å². The Morgan fingerprint density at radius 1 is 1.59 bits per heavy atom. The van der Waals surface area contributed by atoms with Crippen LogP contribution in [-0.2, 0) is 0 Å². The number of nitrogens with zero attached hydrogens (tertiary/aromatic N) is 1. The molecule has 1 fully saturated rings. The van der Waals surface area contributed by atoms with Crippen LogP contribution in [0.2, 0.25) is 0 Å². The maximum Gasteiger partial charge on any atom is 0.253 e. The Morgan fingerprint density at radius 3 is 3.00 bits per heavy atom. The molecule has 0 unspecified atom stereocenters. The highest BCUT2D eigenvalue weighted by molar-refractivity contribution is 9.10. The molecule has 0 aliphatic carbocycles. The first-order valence-corrected chi connectivity index (χ1v) is 6.35. The molecule has 1 aromatic rings. The Labute approximate surface area is 108 Å². The lowest BCUT2D eigenvalue weighted by molar-refractivity contribution is 0.0709. The van der Waals surface area contributed by atoms with Crippen molar-refractivity contribution < 1.29 is 9.18 Å². The summed E-state index contributed by atoms with van der Waals surface area (Å²) in [6, 6.07) is 4.67. The zero-order valence-corrected chi connectivity index (χ0v) is 11.1. The molecule has 1 amide bonds. The van der Waals surface area contributed by atoms with Crippen molar-refractivity contribution in [3.05, 3.63) is 34.1 Å². The smallest absolute Gasteiger partial charge is 0.253 e. The maximum absolute atomic E-state index is 13.1. The third-order valence-electron chi connectivity index (χ3n) is 2.82. The fourth-order valence-corrected chi connectivity index (χ4v) is 2.31. The topological polar surface area (TPSA) is 32.3 Å². The van der Waals surface area contributed by atoms with Gasteiger partial charge in [-0.05, 0) is 41.1 Å². The SMILES string of the molecule is C[C@H]1CN(C(=O)c2ccc(F)c(Br)c2)CCN1. The fraction of sp³-hybridized carbons (Fsp3) is 0.417. The van der Waals surface area contributed by atoms with Gasteiger partial charge in [0.2, 0.25) is 0 Å². The van der Waals surface area contributed by atoms with E-state index in [1.165, 1.54) is 18.2 Å². The molecular weight excluding hydrogens is 287 g/mol. The molecule has 0 aromatic heterocycles. The standard InChI is InChI=1S/C12H14BrFN2O/c1-8-7-16(5-4-15-8)12(17)9-2-3-11(14)10(13)6-9/h2-3,6,8,15H,4-5,7H2,1H3/t8-/m0/s1. The molecule has 1 aliphatic rings. The predicted octanol–water partition coefficient (Wildman–Crippen LogP) is 2.02. The van der Waals surface area contributed by atoms with Gasteiger partial charge in [0, 0.05) is 31.2 Å². The summed E-state index contributed by atoms with van der Waals surface area (Å²) in [5.41, 5.74) is 0.521. The molecule has 1 aromatic carbocycles. The van der Waals surface area contributed by atoms with Crippen LogP contribution in [0.5, 0.6) is 0 Å². The third kappa shape index (κ3) is 2.84. The maximum atomic E-state index is 13.1. The van der Waals surface area contributed by atoms with E-state index in [0.29, 0.717) is 29.2 Å². The summed E-state index contributed by atoms with van der Waals surface area (Å²) in [6.07, 6.45) is 0. The number of hydrogen-bond donors (Lipinski definition) is 1. The van der Waals surface area contributed by atoms with E-state index in [1.807, 2.05) is 6.92 Å². The van der Waals surface area contributed by atoms with Crippen LogP contribution in [0.1, 0.15) is 17.3 Å². The second-order valence-corrected chi connectivity index (χ2v) is 5.09. The van der Waals surface area contributed by atoms with E-state index in [0.717, 1.165) is 6.54 Å². The molecule has 92 valence electrons. The van der Waals surface area contributed by atoms with Crippen LogP contribution in [-0.4, -0.2) is 36.5 Å². The summed E-state index contributed by atoms with van der Waals surface area (Å²) in [6.45, 7) is 4.22. The average molecular weight is 301 g/mol. The summed E-state index contributed by atoms with van der Waals surface area (Å²) in [5.74, 6) is -0.394. The second-order valence-electron chi connectivity index (χ2n) is 4.24. The minimum absolute atomic E-state index is 0.0425. The minimum Gasteiger partial charge on any atom is -0.336 e. The Kier molecular flexibility index (Phi) is 3.79. The highest BCUT2D eigenvalue weighted by Crippen LogP contribution is 2.18. The van der Waals surface area contributed by atoms with Crippen LogP contribution in [0, 0.1) is 5.82 Å². The molecule has 0 saturated carbocycles. The highest BCUT2D eigenvalue weighted by Gasteiger charge is 2.21. The first-order valence-electron chi connectivity index (χ1n) is 5.55. The highest BCUT2D eigenvalue weighted by atomic mass is 79.9. The number of nitrogens with one attached hydrogen (secondary N) is 1. The minimum atomic E-state index is -0.352. The van der Waals surface area contributed by atoms with Crippen molar-refractivity contribution in [2.45, 2.75) is 13.0 Å². The van der Waals surface area contributed by atoms with Crippen molar-refractivity contribution in [3.8, 4) is 0 Å². The van der Waals surface area contributed by atoms with Crippen LogP contribution in [0.3, 0.4) is 0 Å². The van der Waals surface area contributed by atoms with E-state index < -0.39 is 0 Å². The van der Waals surface area contributed by atoms with Gasteiger partial charge in [-0.25, -0.2) is 4.39 Å². The Morgan fingerprint density at radius 2 is 2.35 bits per heavy atom. The number of benzene rings is 1. The van der Waals surface area contributed by atoms with Gasteiger partial charge in [-0.1, -0.05) is 0 Å². The molecule has 0 spiro atoms. The van der Waals surface area contributed by atoms with Gasteiger partial charge in [-0.15, -0.1) is 0 Å². The van der Waals surface area contributed by atoms with Crippen molar-refractivity contribution in [2.75, 3.05) is 19.6 Å². The van der Waals surface area contributed by atoms with Gasteiger partial charge in [-0.2, -0.15) is 0 Å². The summed E-state index contributed by atoms with van der Waals surface area (Å²) in [7, 11) is 0. The monoisotopic (exact) mass is 300 g/mol. The normalized spacial score (nSPS) is 20.4. The molecule has 1 atom stereocenters. The van der Waals surface area contributed by atoms with Crippen molar-refractivity contribution >= 4 is 21.8 Å². The number of amides is 1. The van der Waals surface area contributed by atoms with Crippen molar-refractivity contribution in [1.82, 2.24) is 10.2 Å².